The summed E-state index contributed by atoms with van der Waals surface area (Å²) >= 11 is 0. The fraction of sp³-hybridized carbons (Fsp3) is 0.455. The standard InChI is InChI=1S/C11H16FN3/c1-15-4-2-8(3-5-15)11-9(12)6-14-7-10(11)13/h2,6,14H,3-5,7,13H2,1H3. The average molecular weight is 209 g/mol. The zero-order valence-corrected chi connectivity index (χ0v) is 8.89. The van der Waals surface area contributed by atoms with E-state index in [0.29, 0.717) is 17.8 Å². The van der Waals surface area contributed by atoms with E-state index < -0.39 is 0 Å². The predicted octanol–water partition coefficient (Wildman–Crippen LogP) is 0.875. The molecule has 0 atom stereocenters. The number of dihydropyridines is 1. The molecule has 0 saturated heterocycles. The molecule has 0 aromatic heterocycles. The summed E-state index contributed by atoms with van der Waals surface area (Å²) in [5, 5.41) is 2.80. The van der Waals surface area contributed by atoms with Crippen molar-refractivity contribution in [1.29, 1.82) is 0 Å². The lowest BCUT2D eigenvalue weighted by molar-refractivity contribution is 0.360. The van der Waals surface area contributed by atoms with Crippen LogP contribution in [0.25, 0.3) is 0 Å². The van der Waals surface area contributed by atoms with Gasteiger partial charge < -0.3 is 16.0 Å². The maximum atomic E-state index is 13.6. The van der Waals surface area contributed by atoms with Gasteiger partial charge >= 0.3 is 0 Å². The zero-order chi connectivity index (χ0) is 10.8. The monoisotopic (exact) mass is 209 g/mol. The van der Waals surface area contributed by atoms with Crippen molar-refractivity contribution in [3.05, 3.63) is 34.9 Å². The maximum absolute atomic E-state index is 13.6. The summed E-state index contributed by atoms with van der Waals surface area (Å²) < 4.78 is 13.6. The second-order valence-electron chi connectivity index (χ2n) is 4.02. The van der Waals surface area contributed by atoms with Gasteiger partial charge in [-0.25, -0.2) is 4.39 Å². The highest BCUT2D eigenvalue weighted by Gasteiger charge is 2.20. The van der Waals surface area contributed by atoms with Crippen LogP contribution in [-0.2, 0) is 0 Å². The van der Waals surface area contributed by atoms with Crippen LogP contribution in [-0.4, -0.2) is 31.6 Å². The summed E-state index contributed by atoms with van der Waals surface area (Å²) in [6, 6.07) is 0. The summed E-state index contributed by atoms with van der Waals surface area (Å²) in [4.78, 5) is 2.20. The van der Waals surface area contributed by atoms with Crippen LogP contribution in [0.3, 0.4) is 0 Å². The number of nitrogens with zero attached hydrogens (tertiary/aromatic N) is 1. The molecule has 2 aliphatic rings. The van der Waals surface area contributed by atoms with Gasteiger partial charge in [-0.05, 0) is 19.0 Å². The smallest absolute Gasteiger partial charge is 0.148 e. The molecule has 3 nitrogen and oxygen atoms in total. The third-order valence-electron chi connectivity index (χ3n) is 2.81. The Kier molecular flexibility index (Phi) is 2.77. The molecule has 0 aliphatic carbocycles. The number of likely N-dealkylation sites (N-methyl/N-ethyl adjacent to an activating group) is 1. The van der Waals surface area contributed by atoms with Gasteiger partial charge in [0.15, 0.2) is 0 Å². The number of halogens is 1. The molecule has 2 rings (SSSR count). The van der Waals surface area contributed by atoms with Gasteiger partial charge in [-0.3, -0.25) is 0 Å². The van der Waals surface area contributed by atoms with Crippen molar-refractivity contribution in [1.82, 2.24) is 10.2 Å². The largest absolute Gasteiger partial charge is 0.400 e. The van der Waals surface area contributed by atoms with E-state index in [9.17, 15) is 4.39 Å². The Morgan fingerprint density at radius 1 is 1.53 bits per heavy atom. The fourth-order valence-electron chi connectivity index (χ4n) is 1.92. The summed E-state index contributed by atoms with van der Waals surface area (Å²) in [6.45, 7) is 2.37. The van der Waals surface area contributed by atoms with E-state index in [1.807, 2.05) is 0 Å². The molecule has 0 spiro atoms. The predicted molar refractivity (Wildman–Crippen MR) is 58.6 cm³/mol. The quantitative estimate of drug-likeness (QED) is 0.673. The summed E-state index contributed by atoms with van der Waals surface area (Å²) in [7, 11) is 2.06. The van der Waals surface area contributed by atoms with Gasteiger partial charge in [0.1, 0.15) is 5.83 Å². The topological polar surface area (TPSA) is 41.3 Å². The van der Waals surface area contributed by atoms with Crippen molar-refractivity contribution in [3.8, 4) is 0 Å². The third-order valence-corrected chi connectivity index (χ3v) is 2.81. The average Bonchev–Trinajstić information content (AvgIpc) is 2.20. The lowest BCUT2D eigenvalue weighted by Gasteiger charge is -2.25. The Hall–Kier alpha value is -1.29. The van der Waals surface area contributed by atoms with E-state index in [1.165, 1.54) is 6.20 Å². The number of rotatable bonds is 1. The number of hydrogen-bond acceptors (Lipinski definition) is 3. The van der Waals surface area contributed by atoms with Crippen molar-refractivity contribution in [2.24, 2.45) is 5.73 Å². The normalized spacial score (nSPS) is 23.3. The molecule has 0 radical (unpaired) electrons. The molecule has 0 unspecified atom stereocenters. The van der Waals surface area contributed by atoms with Gasteiger partial charge in [-0.15, -0.1) is 0 Å². The molecule has 0 aromatic rings. The first-order valence-corrected chi connectivity index (χ1v) is 5.14. The first-order valence-electron chi connectivity index (χ1n) is 5.14. The second-order valence-corrected chi connectivity index (χ2v) is 4.02. The molecular formula is C11H16FN3. The van der Waals surface area contributed by atoms with Crippen LogP contribution >= 0.6 is 0 Å². The Morgan fingerprint density at radius 3 is 2.93 bits per heavy atom. The highest BCUT2D eigenvalue weighted by Crippen LogP contribution is 2.28. The van der Waals surface area contributed by atoms with Crippen molar-refractivity contribution in [2.75, 3.05) is 26.7 Å². The molecule has 0 amide bonds. The van der Waals surface area contributed by atoms with E-state index in [0.717, 1.165) is 25.1 Å². The second kappa shape index (κ2) is 4.06. The van der Waals surface area contributed by atoms with Crippen LogP contribution in [0.4, 0.5) is 4.39 Å². The Morgan fingerprint density at radius 2 is 2.33 bits per heavy atom. The van der Waals surface area contributed by atoms with Gasteiger partial charge in [0.25, 0.3) is 0 Å². The molecule has 0 bridgehead atoms. The third kappa shape index (κ3) is 2.04. The minimum atomic E-state index is -0.241. The number of hydrogen-bond donors (Lipinski definition) is 2. The number of allylic oxidation sites excluding steroid dienone is 2. The van der Waals surface area contributed by atoms with Gasteiger partial charge in [0, 0.05) is 30.6 Å². The Labute approximate surface area is 89.1 Å². The van der Waals surface area contributed by atoms with Crippen LogP contribution in [0.15, 0.2) is 34.9 Å². The summed E-state index contributed by atoms with van der Waals surface area (Å²) in [5.41, 5.74) is 8.07. The van der Waals surface area contributed by atoms with Crippen molar-refractivity contribution in [3.63, 3.8) is 0 Å². The van der Waals surface area contributed by atoms with Gasteiger partial charge in [0.05, 0.1) is 6.54 Å². The molecule has 2 heterocycles. The first kappa shape index (κ1) is 10.2. The Bertz CT molecular complexity index is 355. The van der Waals surface area contributed by atoms with Crippen molar-refractivity contribution in [2.45, 2.75) is 6.42 Å². The molecule has 82 valence electrons. The molecule has 4 heteroatoms. The molecule has 2 aliphatic heterocycles. The molecule has 0 saturated carbocycles. The van der Waals surface area contributed by atoms with Crippen LogP contribution < -0.4 is 11.1 Å². The van der Waals surface area contributed by atoms with E-state index >= 15 is 0 Å². The highest BCUT2D eigenvalue weighted by atomic mass is 19.1. The fourth-order valence-corrected chi connectivity index (χ4v) is 1.92. The van der Waals surface area contributed by atoms with Gasteiger partial charge in [-0.2, -0.15) is 0 Å². The van der Waals surface area contributed by atoms with Crippen LogP contribution in [0.2, 0.25) is 0 Å². The van der Waals surface area contributed by atoms with Crippen molar-refractivity contribution >= 4 is 0 Å². The summed E-state index contributed by atoms with van der Waals surface area (Å²) in [5.74, 6) is -0.241. The minimum Gasteiger partial charge on any atom is -0.400 e. The van der Waals surface area contributed by atoms with Gasteiger partial charge in [-0.1, -0.05) is 6.08 Å². The van der Waals surface area contributed by atoms with Crippen LogP contribution in [0.1, 0.15) is 6.42 Å². The van der Waals surface area contributed by atoms with E-state index in [1.54, 1.807) is 0 Å². The Balaban J connectivity index is 2.26. The molecule has 0 fully saturated rings. The molecule has 3 N–H and O–H groups in total. The zero-order valence-electron chi connectivity index (χ0n) is 8.89. The molecular weight excluding hydrogens is 193 g/mol. The number of nitrogens with one attached hydrogen (secondary N) is 1. The van der Waals surface area contributed by atoms with Crippen LogP contribution in [0, 0.1) is 0 Å². The van der Waals surface area contributed by atoms with E-state index in [2.05, 4.69) is 23.3 Å². The highest BCUT2D eigenvalue weighted by molar-refractivity contribution is 5.48. The SMILES string of the molecule is CN1CC=C(C2=C(N)CNC=C2F)CC1. The van der Waals surface area contributed by atoms with E-state index in [4.69, 9.17) is 5.73 Å². The van der Waals surface area contributed by atoms with Gasteiger partial charge in [0.2, 0.25) is 0 Å². The first-order chi connectivity index (χ1) is 7.18. The minimum absolute atomic E-state index is 0.241. The van der Waals surface area contributed by atoms with Crippen LogP contribution in [0.5, 0.6) is 0 Å². The summed E-state index contributed by atoms with van der Waals surface area (Å²) in [6.07, 6.45) is 4.32. The van der Waals surface area contributed by atoms with Crippen molar-refractivity contribution < 1.29 is 4.39 Å². The van der Waals surface area contributed by atoms with E-state index in [-0.39, 0.29) is 5.83 Å². The molecule has 0 aromatic carbocycles. The maximum Gasteiger partial charge on any atom is 0.148 e. The number of nitrogens with two attached hydrogens (primary N) is 1. The lowest BCUT2D eigenvalue weighted by Crippen LogP contribution is -2.28. The lowest BCUT2D eigenvalue weighted by atomic mass is 9.95. The molecule has 15 heavy (non-hydrogen) atoms.